The maximum atomic E-state index is 12.3. The number of benzene rings is 2. The van der Waals surface area contributed by atoms with E-state index < -0.39 is 6.61 Å². The summed E-state index contributed by atoms with van der Waals surface area (Å²) in [7, 11) is -0.000107. The van der Waals surface area contributed by atoms with E-state index in [1.807, 2.05) is 12.1 Å². The van der Waals surface area contributed by atoms with Crippen molar-refractivity contribution in [1.29, 1.82) is 0 Å². The van der Waals surface area contributed by atoms with Crippen LogP contribution in [0, 0.1) is 17.8 Å². The lowest BCUT2D eigenvalue weighted by Crippen LogP contribution is -2.28. The number of rotatable bonds is 11. The van der Waals surface area contributed by atoms with Crippen molar-refractivity contribution in [3.63, 3.8) is 0 Å². The molecule has 2 aliphatic rings. The van der Waals surface area contributed by atoms with Crippen LogP contribution in [-0.2, 0) is 6.42 Å². The topological polar surface area (TPSA) is 9.23 Å². The van der Waals surface area contributed by atoms with Crippen LogP contribution in [-0.4, -0.2) is 15.4 Å². The van der Waals surface area contributed by atoms with Crippen molar-refractivity contribution in [3.05, 3.63) is 54.1 Å². The number of hydrogen-bond donors (Lipinski definition) is 0. The van der Waals surface area contributed by atoms with Gasteiger partial charge >= 0.3 is 6.61 Å². The Balaban J connectivity index is 1.16. The standard InChI is InChI=1S/C31H43F2OSi/c1-2-3-4-21-35-22-19-29(20-23-35)27-13-9-25(10-14-27)6-5-24-7-11-26(12-8-24)28-15-17-30(18-16-28)34-31(32)33/h7-8,11-12,15-18,25,27,29,31H,2-6,9-10,13-14,19-23H2,1H3. The van der Waals surface area contributed by atoms with Crippen molar-refractivity contribution >= 4 is 8.80 Å². The summed E-state index contributed by atoms with van der Waals surface area (Å²) in [5, 5.41) is 0. The number of alkyl halides is 2. The highest BCUT2D eigenvalue weighted by Gasteiger charge is 2.31. The average Bonchev–Trinajstić information content (AvgIpc) is 2.89. The maximum Gasteiger partial charge on any atom is 0.387 e. The molecule has 1 radical (unpaired) electrons. The fourth-order valence-corrected chi connectivity index (χ4v) is 9.46. The molecule has 0 bridgehead atoms. The van der Waals surface area contributed by atoms with Crippen LogP contribution in [0.4, 0.5) is 8.78 Å². The van der Waals surface area contributed by atoms with Crippen LogP contribution in [0.5, 0.6) is 5.75 Å². The molecule has 0 N–H and O–H groups in total. The fourth-order valence-electron chi connectivity index (χ4n) is 6.41. The van der Waals surface area contributed by atoms with Gasteiger partial charge in [-0.15, -0.1) is 0 Å². The molecule has 0 unspecified atom stereocenters. The molecule has 1 nitrogen and oxygen atoms in total. The number of hydrogen-bond acceptors (Lipinski definition) is 1. The van der Waals surface area contributed by atoms with Gasteiger partial charge in [-0.2, -0.15) is 8.78 Å². The van der Waals surface area contributed by atoms with Crippen LogP contribution in [0.3, 0.4) is 0 Å². The van der Waals surface area contributed by atoms with Gasteiger partial charge in [0.05, 0.1) is 0 Å². The highest BCUT2D eigenvalue weighted by molar-refractivity contribution is 6.58. The zero-order valence-corrected chi connectivity index (χ0v) is 22.5. The Morgan fingerprint density at radius 2 is 1.40 bits per heavy atom. The minimum absolute atomic E-state index is 0.000107. The summed E-state index contributed by atoms with van der Waals surface area (Å²) in [4.78, 5) is 0. The van der Waals surface area contributed by atoms with Crippen LogP contribution in [0.25, 0.3) is 11.1 Å². The summed E-state index contributed by atoms with van der Waals surface area (Å²) >= 11 is 0. The molecule has 1 saturated carbocycles. The largest absolute Gasteiger partial charge is 0.435 e. The first kappa shape index (κ1) is 26.4. The molecule has 4 heteroatoms. The lowest BCUT2D eigenvalue weighted by Gasteiger charge is -2.37. The van der Waals surface area contributed by atoms with E-state index in [0.29, 0.717) is 0 Å². The summed E-state index contributed by atoms with van der Waals surface area (Å²) in [6, 6.07) is 20.4. The van der Waals surface area contributed by atoms with Gasteiger partial charge in [0.25, 0.3) is 0 Å². The first-order valence-electron chi connectivity index (χ1n) is 14.1. The van der Waals surface area contributed by atoms with Gasteiger partial charge in [-0.3, -0.25) is 0 Å². The summed E-state index contributed by atoms with van der Waals surface area (Å²) in [5.41, 5.74) is 3.53. The number of unbranched alkanes of at least 4 members (excludes halogenated alkanes) is 2. The molecule has 0 amide bonds. The third-order valence-electron chi connectivity index (χ3n) is 8.64. The Bertz CT molecular complexity index is 851. The van der Waals surface area contributed by atoms with Gasteiger partial charge in [0.15, 0.2) is 0 Å². The van der Waals surface area contributed by atoms with Gasteiger partial charge in [0.2, 0.25) is 0 Å². The molecule has 0 aromatic heterocycles. The van der Waals surface area contributed by atoms with E-state index in [9.17, 15) is 8.78 Å². The molecular formula is C31H43F2OSi. The van der Waals surface area contributed by atoms with Crippen molar-refractivity contribution in [3.8, 4) is 16.9 Å². The number of ether oxygens (including phenoxy) is 1. The summed E-state index contributed by atoms with van der Waals surface area (Å²) in [6.45, 7) is -0.460. The minimum Gasteiger partial charge on any atom is -0.435 e. The van der Waals surface area contributed by atoms with Crippen LogP contribution in [0.15, 0.2) is 48.5 Å². The van der Waals surface area contributed by atoms with Crippen LogP contribution < -0.4 is 4.74 Å². The fraction of sp³-hybridized carbons (Fsp3) is 0.613. The Labute approximate surface area is 213 Å². The zero-order chi connectivity index (χ0) is 24.5. The molecule has 4 rings (SSSR count). The number of halogens is 2. The quantitative estimate of drug-likeness (QED) is 0.222. The van der Waals surface area contributed by atoms with E-state index in [4.69, 9.17) is 0 Å². The number of aryl methyl sites for hydroxylation is 1. The third-order valence-corrected chi connectivity index (χ3v) is 11.7. The monoisotopic (exact) mass is 497 g/mol. The van der Waals surface area contributed by atoms with Gasteiger partial charge in [0.1, 0.15) is 5.75 Å². The molecule has 2 fully saturated rings. The van der Waals surface area contributed by atoms with E-state index in [1.54, 1.807) is 43.1 Å². The third kappa shape index (κ3) is 8.16. The molecule has 0 atom stereocenters. The molecule has 0 spiro atoms. The molecule has 1 aliphatic heterocycles. The molecule has 191 valence electrons. The zero-order valence-electron chi connectivity index (χ0n) is 21.5. The highest BCUT2D eigenvalue weighted by atomic mass is 28.3. The normalized spacial score (nSPS) is 21.9. The van der Waals surface area contributed by atoms with Crippen LogP contribution >= 0.6 is 0 Å². The molecule has 2 aromatic rings. The van der Waals surface area contributed by atoms with Gasteiger partial charge in [-0.25, -0.2) is 0 Å². The SMILES string of the molecule is CCCCC[Si]1CCC(C2CCC(CCc3ccc(-c4ccc(OC(F)F)cc4)cc3)CC2)CC1. The summed E-state index contributed by atoms with van der Waals surface area (Å²) in [6.07, 6.45) is 15.7. The van der Waals surface area contributed by atoms with E-state index >= 15 is 0 Å². The maximum absolute atomic E-state index is 12.3. The molecule has 1 aliphatic carbocycles. The van der Waals surface area contributed by atoms with Crippen molar-refractivity contribution in [2.45, 2.75) is 102 Å². The Morgan fingerprint density at radius 3 is 2.00 bits per heavy atom. The molecular weight excluding hydrogens is 454 g/mol. The minimum atomic E-state index is -2.78. The van der Waals surface area contributed by atoms with Gasteiger partial charge in [-0.05, 0) is 72.3 Å². The predicted molar refractivity (Wildman–Crippen MR) is 145 cm³/mol. The molecule has 1 heterocycles. The lowest BCUT2D eigenvalue weighted by atomic mass is 9.73. The molecule has 35 heavy (non-hydrogen) atoms. The van der Waals surface area contributed by atoms with E-state index in [-0.39, 0.29) is 14.5 Å². The van der Waals surface area contributed by atoms with Gasteiger partial charge < -0.3 is 4.74 Å². The van der Waals surface area contributed by atoms with Gasteiger partial charge in [0, 0.05) is 8.80 Å². The first-order valence-corrected chi connectivity index (χ1v) is 16.2. The second-order valence-corrected chi connectivity index (χ2v) is 14.0. The smallest absolute Gasteiger partial charge is 0.387 e. The second kappa shape index (κ2) is 13.6. The van der Waals surface area contributed by atoms with Crippen LogP contribution in [0.1, 0.15) is 76.7 Å². The van der Waals surface area contributed by atoms with E-state index in [1.165, 1.54) is 56.9 Å². The second-order valence-electron chi connectivity index (χ2n) is 11.0. The lowest BCUT2D eigenvalue weighted by molar-refractivity contribution is -0.0498. The highest BCUT2D eigenvalue weighted by Crippen LogP contribution is 2.42. The van der Waals surface area contributed by atoms with Gasteiger partial charge in [-0.1, -0.05) is 106 Å². The average molecular weight is 498 g/mol. The summed E-state index contributed by atoms with van der Waals surface area (Å²) in [5.74, 6) is 3.15. The first-order chi connectivity index (χ1) is 17.1. The molecule has 2 aromatic carbocycles. The van der Waals surface area contributed by atoms with Crippen molar-refractivity contribution < 1.29 is 13.5 Å². The molecule has 1 saturated heterocycles. The Morgan fingerprint density at radius 1 is 0.800 bits per heavy atom. The Kier molecular flexibility index (Phi) is 10.2. The summed E-state index contributed by atoms with van der Waals surface area (Å²) < 4.78 is 29.1. The van der Waals surface area contributed by atoms with Crippen molar-refractivity contribution in [2.75, 3.05) is 0 Å². The van der Waals surface area contributed by atoms with Crippen molar-refractivity contribution in [2.24, 2.45) is 17.8 Å². The van der Waals surface area contributed by atoms with E-state index in [0.717, 1.165) is 35.3 Å². The van der Waals surface area contributed by atoms with Crippen molar-refractivity contribution in [1.82, 2.24) is 0 Å². The van der Waals surface area contributed by atoms with Crippen LogP contribution in [0.2, 0.25) is 18.1 Å². The van der Waals surface area contributed by atoms with E-state index in [2.05, 4.69) is 35.9 Å². The Hall–Kier alpha value is -1.68. The predicted octanol–water partition coefficient (Wildman–Crippen LogP) is 9.79.